The van der Waals surface area contributed by atoms with E-state index < -0.39 is 5.91 Å². The molecule has 0 spiro atoms. The molecule has 0 saturated heterocycles. The van der Waals surface area contributed by atoms with E-state index in [1.165, 1.54) is 11.8 Å². The van der Waals surface area contributed by atoms with Crippen LogP contribution >= 0.6 is 23.2 Å². The SMILES string of the molecule is Cc1ccccc1COc1ccc(/C=N/NC(=O)COc2ccc(Cl)cc2Cl)cc1. The van der Waals surface area contributed by atoms with Gasteiger partial charge < -0.3 is 9.47 Å². The number of amides is 1. The summed E-state index contributed by atoms with van der Waals surface area (Å²) in [5, 5.41) is 4.76. The third-order valence-corrected chi connectivity index (χ3v) is 4.72. The molecule has 3 rings (SSSR count). The number of rotatable bonds is 8. The molecule has 0 atom stereocenters. The Labute approximate surface area is 185 Å². The van der Waals surface area contributed by atoms with Crippen LogP contribution in [0.5, 0.6) is 11.5 Å². The molecule has 0 aliphatic heterocycles. The Hall–Kier alpha value is -3.02. The summed E-state index contributed by atoms with van der Waals surface area (Å²) in [6.07, 6.45) is 1.54. The Morgan fingerprint density at radius 1 is 1.03 bits per heavy atom. The van der Waals surface area contributed by atoms with Crippen LogP contribution in [0.4, 0.5) is 0 Å². The highest BCUT2D eigenvalue weighted by Crippen LogP contribution is 2.27. The molecular weight excluding hydrogens is 423 g/mol. The van der Waals surface area contributed by atoms with Gasteiger partial charge in [0.05, 0.1) is 11.2 Å². The fourth-order valence-electron chi connectivity index (χ4n) is 2.53. The Morgan fingerprint density at radius 3 is 2.53 bits per heavy atom. The van der Waals surface area contributed by atoms with Gasteiger partial charge in [-0.1, -0.05) is 47.5 Å². The van der Waals surface area contributed by atoms with Gasteiger partial charge in [-0.2, -0.15) is 5.10 Å². The highest BCUT2D eigenvalue weighted by atomic mass is 35.5. The van der Waals surface area contributed by atoms with E-state index in [4.69, 9.17) is 32.7 Å². The van der Waals surface area contributed by atoms with Gasteiger partial charge in [-0.3, -0.25) is 4.79 Å². The van der Waals surface area contributed by atoms with Crippen LogP contribution in [-0.2, 0) is 11.4 Å². The van der Waals surface area contributed by atoms with Gasteiger partial charge in [0.2, 0.25) is 0 Å². The minimum absolute atomic E-state index is 0.218. The lowest BCUT2D eigenvalue weighted by Crippen LogP contribution is -2.24. The van der Waals surface area contributed by atoms with E-state index in [0.717, 1.165) is 16.9 Å². The normalized spacial score (nSPS) is 10.8. The van der Waals surface area contributed by atoms with E-state index in [1.807, 2.05) is 42.5 Å². The van der Waals surface area contributed by atoms with Crippen LogP contribution in [0.2, 0.25) is 10.0 Å². The molecule has 3 aromatic carbocycles. The lowest BCUT2D eigenvalue weighted by molar-refractivity contribution is -0.123. The second-order valence-corrected chi connectivity index (χ2v) is 7.28. The van der Waals surface area contributed by atoms with Crippen molar-refractivity contribution in [2.75, 3.05) is 6.61 Å². The molecule has 1 N–H and O–H groups in total. The molecule has 0 bridgehead atoms. The summed E-state index contributed by atoms with van der Waals surface area (Å²) in [6.45, 7) is 2.35. The Bertz CT molecular complexity index is 1040. The highest BCUT2D eigenvalue weighted by Gasteiger charge is 2.06. The number of benzene rings is 3. The van der Waals surface area contributed by atoms with Gasteiger partial charge in [0.1, 0.15) is 18.1 Å². The molecule has 1 amide bonds. The molecule has 3 aromatic rings. The number of hydrogen-bond donors (Lipinski definition) is 1. The highest BCUT2D eigenvalue weighted by molar-refractivity contribution is 6.35. The van der Waals surface area contributed by atoms with E-state index in [9.17, 15) is 4.79 Å². The van der Waals surface area contributed by atoms with Crippen molar-refractivity contribution in [2.24, 2.45) is 5.10 Å². The molecule has 0 heterocycles. The maximum absolute atomic E-state index is 11.8. The average Bonchev–Trinajstić information content (AvgIpc) is 2.73. The lowest BCUT2D eigenvalue weighted by Gasteiger charge is -2.08. The summed E-state index contributed by atoms with van der Waals surface area (Å²) in [4.78, 5) is 11.8. The Balaban J connectivity index is 1.44. The fraction of sp³-hybridized carbons (Fsp3) is 0.130. The summed E-state index contributed by atoms with van der Waals surface area (Å²) >= 11 is 11.8. The average molecular weight is 443 g/mol. The van der Waals surface area contributed by atoms with E-state index in [1.54, 1.807) is 18.2 Å². The van der Waals surface area contributed by atoms with Crippen LogP contribution in [0.1, 0.15) is 16.7 Å². The van der Waals surface area contributed by atoms with E-state index in [0.29, 0.717) is 22.4 Å². The third-order valence-electron chi connectivity index (χ3n) is 4.19. The fourth-order valence-corrected chi connectivity index (χ4v) is 2.99. The smallest absolute Gasteiger partial charge is 0.277 e. The maximum atomic E-state index is 11.8. The van der Waals surface area contributed by atoms with Gasteiger partial charge >= 0.3 is 0 Å². The third kappa shape index (κ3) is 6.51. The van der Waals surface area contributed by atoms with Gasteiger partial charge in [-0.15, -0.1) is 0 Å². The van der Waals surface area contributed by atoms with E-state index >= 15 is 0 Å². The van der Waals surface area contributed by atoms with Gasteiger partial charge in [0, 0.05) is 5.02 Å². The molecule has 0 aliphatic rings. The minimum atomic E-state index is -0.407. The summed E-state index contributed by atoms with van der Waals surface area (Å²) < 4.78 is 11.2. The van der Waals surface area contributed by atoms with E-state index in [-0.39, 0.29) is 6.61 Å². The number of halogens is 2. The monoisotopic (exact) mass is 442 g/mol. The first kappa shape index (κ1) is 21.7. The van der Waals surface area contributed by atoms with Crippen LogP contribution in [0, 0.1) is 6.92 Å². The molecule has 0 fully saturated rings. The number of nitrogens with one attached hydrogen (secondary N) is 1. The van der Waals surface area contributed by atoms with Crippen LogP contribution in [0.15, 0.2) is 71.8 Å². The Morgan fingerprint density at radius 2 is 1.80 bits per heavy atom. The standard InChI is InChI=1S/C23H20Cl2N2O3/c1-16-4-2-3-5-18(16)14-29-20-9-6-17(7-10-20)13-26-27-23(28)15-30-22-11-8-19(24)12-21(22)25/h2-13H,14-15H2,1H3,(H,27,28)/b26-13+. The predicted octanol–water partition coefficient (Wildman–Crippen LogP) is 5.41. The first-order valence-electron chi connectivity index (χ1n) is 9.18. The first-order valence-corrected chi connectivity index (χ1v) is 9.94. The zero-order chi connectivity index (χ0) is 21.3. The molecule has 0 radical (unpaired) electrons. The summed E-state index contributed by atoms with van der Waals surface area (Å²) in [7, 11) is 0. The molecule has 0 unspecified atom stereocenters. The summed E-state index contributed by atoms with van der Waals surface area (Å²) in [5.41, 5.74) is 5.56. The summed E-state index contributed by atoms with van der Waals surface area (Å²) in [5.74, 6) is 0.726. The van der Waals surface area contributed by atoms with Gasteiger partial charge in [0.15, 0.2) is 6.61 Å². The zero-order valence-electron chi connectivity index (χ0n) is 16.3. The molecule has 5 nitrogen and oxygen atoms in total. The molecule has 0 aromatic heterocycles. The van der Waals surface area contributed by atoms with Crippen molar-refractivity contribution in [3.05, 3.63) is 93.5 Å². The molecular formula is C23H20Cl2N2O3. The lowest BCUT2D eigenvalue weighted by atomic mass is 10.1. The number of nitrogens with zero attached hydrogens (tertiary/aromatic N) is 1. The quantitative estimate of drug-likeness (QED) is 0.374. The Kier molecular flexibility index (Phi) is 7.71. The number of ether oxygens (including phenoxy) is 2. The van der Waals surface area contributed by atoms with Crippen LogP contribution in [0.3, 0.4) is 0 Å². The zero-order valence-corrected chi connectivity index (χ0v) is 17.8. The topological polar surface area (TPSA) is 59.9 Å². The minimum Gasteiger partial charge on any atom is -0.489 e. The van der Waals surface area contributed by atoms with Gasteiger partial charge in [-0.25, -0.2) is 5.43 Å². The maximum Gasteiger partial charge on any atom is 0.277 e. The van der Waals surface area contributed by atoms with Crippen molar-refractivity contribution in [2.45, 2.75) is 13.5 Å². The van der Waals surface area contributed by atoms with E-state index in [2.05, 4.69) is 23.5 Å². The number of hydrazone groups is 1. The second-order valence-electron chi connectivity index (χ2n) is 6.44. The van der Waals surface area contributed by atoms with Crippen molar-refractivity contribution < 1.29 is 14.3 Å². The largest absolute Gasteiger partial charge is 0.489 e. The summed E-state index contributed by atoms with van der Waals surface area (Å²) in [6, 6.07) is 20.3. The van der Waals surface area contributed by atoms with Crippen molar-refractivity contribution in [1.29, 1.82) is 0 Å². The number of hydrogen-bond acceptors (Lipinski definition) is 4. The molecule has 0 aliphatic carbocycles. The number of carbonyl (C=O) groups excluding carboxylic acids is 1. The van der Waals surface area contributed by atoms with Crippen LogP contribution in [0.25, 0.3) is 0 Å². The number of aryl methyl sites for hydroxylation is 1. The van der Waals surface area contributed by atoms with Crippen molar-refractivity contribution in [3.63, 3.8) is 0 Å². The molecule has 30 heavy (non-hydrogen) atoms. The van der Waals surface area contributed by atoms with Crippen molar-refractivity contribution >= 4 is 35.3 Å². The van der Waals surface area contributed by atoms with Gasteiger partial charge in [-0.05, 0) is 66.1 Å². The number of carbonyl (C=O) groups is 1. The first-order chi connectivity index (χ1) is 14.5. The van der Waals surface area contributed by atoms with Crippen molar-refractivity contribution in [3.8, 4) is 11.5 Å². The molecule has 154 valence electrons. The molecule has 7 heteroatoms. The molecule has 0 saturated carbocycles. The van der Waals surface area contributed by atoms with Crippen LogP contribution in [-0.4, -0.2) is 18.7 Å². The van der Waals surface area contributed by atoms with Crippen molar-refractivity contribution in [1.82, 2.24) is 5.43 Å². The predicted molar refractivity (Wildman–Crippen MR) is 120 cm³/mol. The van der Waals surface area contributed by atoms with Gasteiger partial charge in [0.25, 0.3) is 5.91 Å². The second kappa shape index (κ2) is 10.7. The van der Waals surface area contributed by atoms with Crippen LogP contribution < -0.4 is 14.9 Å².